The smallest absolute Gasteiger partial charge is 0.145 e. The Balaban J connectivity index is 2.02. The lowest BCUT2D eigenvalue weighted by Crippen LogP contribution is -1.97. The first-order valence-electron chi connectivity index (χ1n) is 9.41. The van der Waals surface area contributed by atoms with Crippen LogP contribution in [0.4, 0.5) is 0 Å². The molecule has 0 aliphatic heterocycles. The molecule has 132 valence electrons. The van der Waals surface area contributed by atoms with Crippen LogP contribution in [0.2, 0.25) is 0 Å². The molecule has 0 saturated heterocycles. The number of nitrogens with zero attached hydrogens (tertiary/aromatic N) is 2. The average Bonchev–Trinajstić information content (AvgIpc) is 3.06. The largest absolute Gasteiger partial charge is 0.292 e. The van der Waals surface area contributed by atoms with Gasteiger partial charge in [-0.05, 0) is 56.3 Å². The minimum Gasteiger partial charge on any atom is -0.292 e. The third kappa shape index (κ3) is 2.30. The van der Waals surface area contributed by atoms with Gasteiger partial charge in [0.05, 0.1) is 17.4 Å². The van der Waals surface area contributed by atoms with E-state index in [1.165, 1.54) is 55.2 Å². The van der Waals surface area contributed by atoms with Gasteiger partial charge in [0.15, 0.2) is 0 Å². The number of imidazole rings is 1. The number of pyridine rings is 1. The van der Waals surface area contributed by atoms with Crippen molar-refractivity contribution >= 4 is 27.3 Å². The van der Waals surface area contributed by atoms with Crippen molar-refractivity contribution in [3.63, 3.8) is 0 Å². The van der Waals surface area contributed by atoms with Gasteiger partial charge in [0, 0.05) is 16.3 Å². The fourth-order valence-corrected chi connectivity index (χ4v) is 4.52. The maximum Gasteiger partial charge on any atom is 0.145 e. The molecule has 2 nitrogen and oxygen atoms in total. The van der Waals surface area contributed by atoms with Gasteiger partial charge in [0.1, 0.15) is 5.65 Å². The summed E-state index contributed by atoms with van der Waals surface area (Å²) < 4.78 is 2.34. The third-order valence-electron chi connectivity index (χ3n) is 5.55. The van der Waals surface area contributed by atoms with Crippen molar-refractivity contribution in [2.75, 3.05) is 0 Å². The Kier molecular flexibility index (Phi) is 3.38. The number of hydrogen-bond acceptors (Lipinski definition) is 1. The predicted octanol–water partition coefficient (Wildman–Crippen LogP) is 6.54. The van der Waals surface area contributed by atoms with E-state index >= 15 is 0 Å². The second-order valence-electron chi connectivity index (χ2n) is 7.64. The van der Waals surface area contributed by atoms with Crippen LogP contribution in [0.1, 0.15) is 22.3 Å². The van der Waals surface area contributed by atoms with Gasteiger partial charge < -0.3 is 0 Å². The highest BCUT2D eigenvalue weighted by Gasteiger charge is 2.16. The zero-order valence-electron chi connectivity index (χ0n) is 16.2. The fourth-order valence-electron chi connectivity index (χ4n) is 4.52. The molecule has 5 rings (SSSR count). The molecule has 0 N–H and O–H groups in total. The summed E-state index contributed by atoms with van der Waals surface area (Å²) in [4.78, 5) is 4.88. The summed E-state index contributed by atoms with van der Waals surface area (Å²) in [6.07, 6.45) is 2.04. The van der Waals surface area contributed by atoms with Crippen LogP contribution >= 0.6 is 0 Å². The number of fused-ring (bicyclic) bond motifs is 6. The van der Waals surface area contributed by atoms with Crippen LogP contribution in [-0.4, -0.2) is 9.38 Å². The Morgan fingerprint density at radius 2 is 1.44 bits per heavy atom. The molecule has 2 aromatic heterocycles. The minimum atomic E-state index is 1.03. The van der Waals surface area contributed by atoms with E-state index in [1.54, 1.807) is 0 Å². The van der Waals surface area contributed by atoms with Gasteiger partial charge in [-0.1, -0.05) is 53.6 Å². The van der Waals surface area contributed by atoms with Gasteiger partial charge in [-0.15, -0.1) is 0 Å². The SMILES string of the molecule is Cc1cc(C)c(-c2cnc3c4cc(C)ccc4c4ccccc4n23)c(C)c1. The van der Waals surface area contributed by atoms with E-state index in [0.29, 0.717) is 0 Å². The lowest BCUT2D eigenvalue weighted by molar-refractivity contribution is 1.24. The van der Waals surface area contributed by atoms with E-state index in [2.05, 4.69) is 86.7 Å². The van der Waals surface area contributed by atoms with Gasteiger partial charge in [-0.3, -0.25) is 4.40 Å². The number of aryl methyl sites for hydroxylation is 4. The number of aromatic nitrogens is 2. The highest BCUT2D eigenvalue weighted by Crippen LogP contribution is 2.35. The lowest BCUT2D eigenvalue weighted by atomic mass is 9.97. The number of hydrogen-bond donors (Lipinski definition) is 0. The van der Waals surface area contributed by atoms with Gasteiger partial charge in [0.25, 0.3) is 0 Å². The molecule has 0 unspecified atom stereocenters. The highest BCUT2D eigenvalue weighted by atomic mass is 15.0. The average molecular weight is 350 g/mol. The maximum absolute atomic E-state index is 4.88. The molecule has 0 aliphatic carbocycles. The predicted molar refractivity (Wildman–Crippen MR) is 115 cm³/mol. The van der Waals surface area contributed by atoms with Crippen molar-refractivity contribution in [2.45, 2.75) is 27.7 Å². The van der Waals surface area contributed by atoms with E-state index < -0.39 is 0 Å². The van der Waals surface area contributed by atoms with Crippen molar-refractivity contribution in [2.24, 2.45) is 0 Å². The first kappa shape index (κ1) is 16.1. The third-order valence-corrected chi connectivity index (χ3v) is 5.55. The van der Waals surface area contributed by atoms with E-state index in [-0.39, 0.29) is 0 Å². The van der Waals surface area contributed by atoms with Crippen molar-refractivity contribution in [3.05, 3.63) is 83.0 Å². The van der Waals surface area contributed by atoms with Crippen LogP contribution < -0.4 is 0 Å². The molecule has 0 fully saturated rings. The molecule has 2 heteroatoms. The molecule has 27 heavy (non-hydrogen) atoms. The van der Waals surface area contributed by atoms with Gasteiger partial charge in [-0.25, -0.2) is 4.98 Å². The van der Waals surface area contributed by atoms with Crippen LogP contribution in [0, 0.1) is 27.7 Å². The Morgan fingerprint density at radius 1 is 0.704 bits per heavy atom. The Bertz CT molecular complexity index is 1330. The molecular formula is C25H22N2. The van der Waals surface area contributed by atoms with Crippen molar-refractivity contribution < 1.29 is 0 Å². The quantitative estimate of drug-likeness (QED) is 0.314. The minimum absolute atomic E-state index is 1.03. The standard InChI is InChI=1S/C25H22N2/c1-15-9-10-19-20-7-5-6-8-22(20)27-23(14-26-25(27)21(19)13-15)24-17(3)11-16(2)12-18(24)4/h5-14H,1-4H3. The van der Waals surface area contributed by atoms with Crippen LogP contribution in [0.5, 0.6) is 0 Å². The number of rotatable bonds is 1. The summed E-state index contributed by atoms with van der Waals surface area (Å²) in [7, 11) is 0. The fraction of sp³-hybridized carbons (Fsp3) is 0.160. The van der Waals surface area contributed by atoms with E-state index in [1.807, 2.05) is 6.20 Å². The number of benzene rings is 3. The van der Waals surface area contributed by atoms with Crippen LogP contribution in [-0.2, 0) is 0 Å². The summed E-state index contributed by atoms with van der Waals surface area (Å²) in [5.41, 5.74) is 9.83. The first-order chi connectivity index (χ1) is 13.0. The maximum atomic E-state index is 4.88. The van der Waals surface area contributed by atoms with E-state index in [4.69, 9.17) is 4.98 Å². The summed E-state index contributed by atoms with van der Waals surface area (Å²) in [5.74, 6) is 0. The summed E-state index contributed by atoms with van der Waals surface area (Å²) in [6, 6.07) is 19.8. The summed E-state index contributed by atoms with van der Waals surface area (Å²) >= 11 is 0. The molecule has 0 aliphatic rings. The Labute approximate surface area is 159 Å². The summed E-state index contributed by atoms with van der Waals surface area (Å²) in [6.45, 7) is 8.69. The summed E-state index contributed by atoms with van der Waals surface area (Å²) in [5, 5.41) is 3.74. The molecule has 5 aromatic rings. The number of para-hydroxylation sites is 1. The van der Waals surface area contributed by atoms with Gasteiger partial charge >= 0.3 is 0 Å². The molecule has 0 spiro atoms. The van der Waals surface area contributed by atoms with Gasteiger partial charge in [-0.2, -0.15) is 0 Å². The first-order valence-corrected chi connectivity index (χ1v) is 9.41. The van der Waals surface area contributed by atoms with Crippen molar-refractivity contribution in [1.29, 1.82) is 0 Å². The molecule has 0 saturated carbocycles. The van der Waals surface area contributed by atoms with Gasteiger partial charge in [0.2, 0.25) is 0 Å². The molecular weight excluding hydrogens is 328 g/mol. The van der Waals surface area contributed by atoms with E-state index in [0.717, 1.165) is 5.65 Å². The second kappa shape index (κ2) is 5.68. The lowest BCUT2D eigenvalue weighted by Gasteiger charge is -2.14. The molecule has 0 amide bonds. The Morgan fingerprint density at radius 3 is 2.22 bits per heavy atom. The monoisotopic (exact) mass is 350 g/mol. The van der Waals surface area contributed by atoms with Crippen molar-refractivity contribution in [1.82, 2.24) is 9.38 Å². The van der Waals surface area contributed by atoms with Crippen molar-refractivity contribution in [3.8, 4) is 11.3 Å². The topological polar surface area (TPSA) is 17.3 Å². The highest BCUT2D eigenvalue weighted by molar-refractivity contribution is 6.12. The normalized spacial score (nSPS) is 11.7. The zero-order chi connectivity index (χ0) is 18.7. The second-order valence-corrected chi connectivity index (χ2v) is 7.64. The zero-order valence-corrected chi connectivity index (χ0v) is 16.2. The van der Waals surface area contributed by atoms with Crippen LogP contribution in [0.3, 0.4) is 0 Å². The van der Waals surface area contributed by atoms with E-state index in [9.17, 15) is 0 Å². The van der Waals surface area contributed by atoms with Crippen LogP contribution in [0.15, 0.2) is 60.8 Å². The molecule has 2 heterocycles. The Hall–Kier alpha value is -3.13. The molecule has 0 radical (unpaired) electrons. The van der Waals surface area contributed by atoms with Crippen LogP contribution in [0.25, 0.3) is 38.6 Å². The molecule has 0 bridgehead atoms. The molecule has 3 aromatic carbocycles. The molecule has 0 atom stereocenters.